The molecule has 0 aliphatic carbocycles. The number of hydrogen-bond acceptors (Lipinski definition) is 5. The van der Waals surface area contributed by atoms with E-state index in [4.69, 9.17) is 4.74 Å². The van der Waals surface area contributed by atoms with Crippen LogP contribution >= 0.6 is 0 Å². The smallest absolute Gasteiger partial charge is 0.338 e. The van der Waals surface area contributed by atoms with E-state index in [0.717, 1.165) is 29.5 Å². The molecule has 6 heteroatoms. The number of hydrogen-bond donors (Lipinski definition) is 1. The molecule has 0 atom stereocenters. The van der Waals surface area contributed by atoms with Crippen molar-refractivity contribution in [1.29, 1.82) is 0 Å². The molecule has 0 spiro atoms. The number of carbonyl (C=O) groups is 2. The van der Waals surface area contributed by atoms with Crippen LogP contribution in [0.5, 0.6) is 0 Å². The lowest BCUT2D eigenvalue weighted by atomic mass is 10.0. The Bertz CT molecular complexity index is 1280. The summed E-state index contributed by atoms with van der Waals surface area (Å²) in [6, 6.07) is 16.9. The van der Waals surface area contributed by atoms with Crippen LogP contribution in [0.4, 0.5) is 0 Å². The number of esters is 1. The Kier molecular flexibility index (Phi) is 5.61. The minimum Gasteiger partial charge on any atom is -0.456 e. The number of aromatic nitrogens is 3. The SMILES string of the molecule is CCc1ccc(-c2[nH]nc3nc(-c4ccc(C(=O)OC(C)(C)C)cc4)cc(C=O)c23)cc1. The Morgan fingerprint density at radius 2 is 1.69 bits per heavy atom. The Hall–Kier alpha value is -3.80. The van der Waals surface area contributed by atoms with Crippen molar-refractivity contribution >= 4 is 23.3 Å². The van der Waals surface area contributed by atoms with Gasteiger partial charge in [0, 0.05) is 16.7 Å². The van der Waals surface area contributed by atoms with E-state index in [1.165, 1.54) is 5.56 Å². The second-order valence-electron chi connectivity index (χ2n) is 8.64. The van der Waals surface area contributed by atoms with Crippen molar-refractivity contribution in [2.24, 2.45) is 0 Å². The summed E-state index contributed by atoms with van der Waals surface area (Å²) in [4.78, 5) is 28.8. The van der Waals surface area contributed by atoms with Crippen LogP contribution in [0.15, 0.2) is 54.6 Å². The summed E-state index contributed by atoms with van der Waals surface area (Å²) < 4.78 is 5.41. The first-order chi connectivity index (χ1) is 15.3. The molecule has 0 bridgehead atoms. The van der Waals surface area contributed by atoms with Gasteiger partial charge in [0.1, 0.15) is 5.60 Å². The topological polar surface area (TPSA) is 84.9 Å². The van der Waals surface area contributed by atoms with Gasteiger partial charge in [-0.15, -0.1) is 0 Å². The summed E-state index contributed by atoms with van der Waals surface area (Å²) in [5.41, 5.74) is 5.21. The van der Waals surface area contributed by atoms with Crippen molar-refractivity contribution in [3.05, 3.63) is 71.3 Å². The highest BCUT2D eigenvalue weighted by Gasteiger charge is 2.19. The molecule has 4 rings (SSSR count). The minimum atomic E-state index is -0.560. The Morgan fingerprint density at radius 1 is 1.03 bits per heavy atom. The number of H-pyrrole nitrogens is 1. The van der Waals surface area contributed by atoms with Gasteiger partial charge >= 0.3 is 5.97 Å². The highest BCUT2D eigenvalue weighted by atomic mass is 16.6. The molecule has 6 nitrogen and oxygen atoms in total. The molecule has 0 unspecified atom stereocenters. The van der Waals surface area contributed by atoms with Crippen molar-refractivity contribution in [2.45, 2.75) is 39.7 Å². The number of nitrogens with zero attached hydrogens (tertiary/aromatic N) is 2. The van der Waals surface area contributed by atoms with Gasteiger partial charge in [-0.3, -0.25) is 9.89 Å². The number of aromatic amines is 1. The Balaban J connectivity index is 1.70. The maximum absolute atomic E-state index is 12.3. The van der Waals surface area contributed by atoms with Crippen molar-refractivity contribution in [3.8, 4) is 22.5 Å². The fraction of sp³-hybridized carbons (Fsp3) is 0.231. The second kappa shape index (κ2) is 8.38. The molecular weight excluding hydrogens is 402 g/mol. The van der Waals surface area contributed by atoms with Crippen molar-refractivity contribution in [1.82, 2.24) is 15.2 Å². The number of rotatable bonds is 5. The van der Waals surface area contributed by atoms with E-state index in [-0.39, 0.29) is 5.97 Å². The molecule has 0 radical (unpaired) electrons. The number of pyridine rings is 1. The minimum absolute atomic E-state index is 0.382. The van der Waals surface area contributed by atoms with Gasteiger partial charge < -0.3 is 4.74 Å². The molecule has 162 valence electrons. The number of carbonyl (C=O) groups excluding carboxylic acids is 2. The van der Waals surface area contributed by atoms with Crippen LogP contribution in [-0.4, -0.2) is 33.0 Å². The van der Waals surface area contributed by atoms with Gasteiger partial charge in [0.15, 0.2) is 11.9 Å². The molecule has 0 fully saturated rings. The molecular formula is C26H25N3O3. The fourth-order valence-corrected chi connectivity index (χ4v) is 3.52. The van der Waals surface area contributed by atoms with Gasteiger partial charge in [0.25, 0.3) is 0 Å². The average Bonchev–Trinajstić information content (AvgIpc) is 3.21. The van der Waals surface area contributed by atoms with E-state index in [1.54, 1.807) is 30.3 Å². The normalized spacial score (nSPS) is 11.5. The lowest BCUT2D eigenvalue weighted by molar-refractivity contribution is 0.00694. The van der Waals surface area contributed by atoms with Crippen LogP contribution in [0.2, 0.25) is 0 Å². The zero-order chi connectivity index (χ0) is 22.9. The molecule has 0 aliphatic rings. The molecule has 2 aromatic carbocycles. The Labute approximate surface area is 186 Å². The summed E-state index contributed by atoms with van der Waals surface area (Å²) in [6.07, 6.45) is 1.78. The molecule has 0 amide bonds. The average molecular weight is 428 g/mol. The van der Waals surface area contributed by atoms with Gasteiger partial charge in [0.2, 0.25) is 0 Å². The third kappa shape index (κ3) is 4.30. The quantitative estimate of drug-likeness (QED) is 0.330. The maximum Gasteiger partial charge on any atom is 0.338 e. The van der Waals surface area contributed by atoms with Gasteiger partial charge in [-0.1, -0.05) is 43.3 Å². The van der Waals surface area contributed by atoms with Crippen LogP contribution in [0.3, 0.4) is 0 Å². The van der Waals surface area contributed by atoms with Crippen LogP contribution in [-0.2, 0) is 11.2 Å². The third-order valence-electron chi connectivity index (χ3n) is 5.15. The number of aldehydes is 1. The van der Waals surface area contributed by atoms with Crippen LogP contribution in [0, 0.1) is 0 Å². The first kappa shape index (κ1) is 21.4. The molecule has 2 heterocycles. The number of fused-ring (bicyclic) bond motifs is 1. The van der Waals surface area contributed by atoms with E-state index < -0.39 is 5.60 Å². The summed E-state index contributed by atoms with van der Waals surface area (Å²) in [5, 5.41) is 8.08. The highest BCUT2D eigenvalue weighted by Crippen LogP contribution is 2.31. The van der Waals surface area contributed by atoms with Gasteiger partial charge in [-0.25, -0.2) is 9.78 Å². The van der Waals surface area contributed by atoms with E-state index >= 15 is 0 Å². The second-order valence-corrected chi connectivity index (χ2v) is 8.64. The molecule has 2 aromatic heterocycles. The summed E-state index contributed by atoms with van der Waals surface area (Å²) in [5.74, 6) is -0.382. The lowest BCUT2D eigenvalue weighted by Crippen LogP contribution is -2.23. The lowest BCUT2D eigenvalue weighted by Gasteiger charge is -2.19. The Morgan fingerprint density at radius 3 is 2.28 bits per heavy atom. The largest absolute Gasteiger partial charge is 0.456 e. The van der Waals surface area contributed by atoms with Gasteiger partial charge in [-0.2, -0.15) is 5.10 Å². The van der Waals surface area contributed by atoms with Crippen molar-refractivity contribution in [2.75, 3.05) is 0 Å². The first-order valence-corrected chi connectivity index (χ1v) is 10.6. The predicted octanol–water partition coefficient (Wildman–Crippen LogP) is 5.62. The maximum atomic E-state index is 12.3. The van der Waals surface area contributed by atoms with Gasteiger partial charge in [0.05, 0.1) is 22.3 Å². The summed E-state index contributed by atoms with van der Waals surface area (Å²) in [7, 11) is 0. The van der Waals surface area contributed by atoms with E-state index in [1.807, 2.05) is 32.9 Å². The van der Waals surface area contributed by atoms with E-state index in [9.17, 15) is 9.59 Å². The zero-order valence-electron chi connectivity index (χ0n) is 18.6. The molecule has 0 saturated carbocycles. The predicted molar refractivity (Wildman–Crippen MR) is 125 cm³/mol. The van der Waals surface area contributed by atoms with Crippen molar-refractivity contribution in [3.63, 3.8) is 0 Å². The molecule has 4 aromatic rings. The fourth-order valence-electron chi connectivity index (χ4n) is 3.52. The van der Waals surface area contributed by atoms with Crippen molar-refractivity contribution < 1.29 is 14.3 Å². The number of benzene rings is 2. The molecule has 1 N–H and O–H groups in total. The molecule has 32 heavy (non-hydrogen) atoms. The third-order valence-corrected chi connectivity index (χ3v) is 5.15. The molecule has 0 aliphatic heterocycles. The highest BCUT2D eigenvalue weighted by molar-refractivity contribution is 6.04. The first-order valence-electron chi connectivity index (χ1n) is 10.6. The number of ether oxygens (including phenoxy) is 1. The summed E-state index contributed by atoms with van der Waals surface area (Å²) in [6.45, 7) is 7.59. The van der Waals surface area contributed by atoms with Crippen LogP contribution in [0.25, 0.3) is 33.5 Å². The van der Waals surface area contributed by atoms with Crippen LogP contribution in [0.1, 0.15) is 54.0 Å². The van der Waals surface area contributed by atoms with Gasteiger partial charge in [-0.05, 0) is 51.0 Å². The molecule has 0 saturated heterocycles. The monoisotopic (exact) mass is 427 g/mol. The summed E-state index contributed by atoms with van der Waals surface area (Å²) >= 11 is 0. The number of nitrogens with one attached hydrogen (secondary N) is 1. The number of aryl methyl sites for hydroxylation is 1. The zero-order valence-corrected chi connectivity index (χ0v) is 18.6. The standard InChI is InChI=1S/C26H25N3O3/c1-5-16-6-8-18(9-7-16)23-22-20(15-30)14-21(27-24(22)29-28-23)17-10-12-19(13-11-17)25(31)32-26(2,3)4/h6-15H,5H2,1-4H3,(H,27,28,29). The van der Waals surface area contributed by atoms with E-state index in [2.05, 4.69) is 34.2 Å². The van der Waals surface area contributed by atoms with Crippen LogP contribution < -0.4 is 0 Å². The van der Waals surface area contributed by atoms with E-state index in [0.29, 0.717) is 27.9 Å².